The number of benzene rings is 7. The van der Waals surface area contributed by atoms with Gasteiger partial charge in [0, 0.05) is 32.9 Å². The molecule has 2 heterocycles. The Morgan fingerprint density at radius 3 is 1.58 bits per heavy atom. The number of aromatic nitrogens is 2. The molecule has 1 aliphatic carbocycles. The quantitative estimate of drug-likeness (QED) is 0.171. The van der Waals surface area contributed by atoms with E-state index in [1.807, 2.05) is 0 Å². The molecule has 10 rings (SSSR count). The van der Waals surface area contributed by atoms with Gasteiger partial charge in [0.1, 0.15) is 0 Å². The third-order valence-corrected chi connectivity index (χ3v) is 11.0. The van der Waals surface area contributed by atoms with Crippen molar-refractivity contribution in [2.75, 3.05) is 0 Å². The largest absolute Gasteiger partial charge is 0.309 e. The van der Waals surface area contributed by atoms with E-state index < -0.39 is 0 Å². The van der Waals surface area contributed by atoms with Crippen LogP contribution in [-0.4, -0.2) is 9.13 Å². The van der Waals surface area contributed by atoms with Gasteiger partial charge in [0.05, 0.1) is 22.1 Å². The third-order valence-electron chi connectivity index (χ3n) is 11.0. The Balaban J connectivity index is 1.06. The van der Waals surface area contributed by atoms with Crippen LogP contribution in [0.2, 0.25) is 0 Å². The highest BCUT2D eigenvalue weighted by Gasteiger charge is 2.17. The molecular formula is C51H38N2. The predicted octanol–water partition coefficient (Wildman–Crippen LogP) is 13.8. The summed E-state index contributed by atoms with van der Waals surface area (Å²) in [5, 5.41) is 5.06. The Labute approximate surface area is 309 Å². The number of nitrogens with zero attached hydrogens (tertiary/aromatic N) is 2. The fourth-order valence-electron chi connectivity index (χ4n) is 8.43. The summed E-state index contributed by atoms with van der Waals surface area (Å²) in [4.78, 5) is 0. The van der Waals surface area contributed by atoms with E-state index in [0.717, 1.165) is 12.8 Å². The van der Waals surface area contributed by atoms with Crippen molar-refractivity contribution in [2.45, 2.75) is 19.8 Å². The number of hydrogen-bond acceptors (Lipinski definition) is 0. The standard InChI is InChI=1S/C51H38N2/c1-35-26-27-36(16-13-23-43(35)37-14-4-2-5-15-37)38-17-12-20-42(32-38)53-49-25-11-9-22-45(49)47-34-40(29-31-51(47)53)39-28-30-50-46(33-39)44-21-8-10-24-48(44)52(50)41-18-6-3-7-19-41/h2-25,28-34H,26-27H2,1H3/b23-13-,36-16+,43-35+. The lowest BCUT2D eigenvalue weighted by atomic mass is 9.91. The number of allylic oxidation sites excluding steroid dienone is 6. The van der Waals surface area contributed by atoms with Crippen molar-refractivity contribution in [3.05, 3.63) is 205 Å². The smallest absolute Gasteiger partial charge is 0.0541 e. The lowest BCUT2D eigenvalue weighted by Gasteiger charge is -2.16. The normalized spacial score (nSPS) is 16.5. The first-order valence-corrected chi connectivity index (χ1v) is 18.6. The number of rotatable bonds is 5. The molecule has 0 bridgehead atoms. The molecule has 0 amide bonds. The van der Waals surface area contributed by atoms with Crippen molar-refractivity contribution in [3.63, 3.8) is 0 Å². The highest BCUT2D eigenvalue weighted by atomic mass is 15.0. The maximum Gasteiger partial charge on any atom is 0.0541 e. The van der Waals surface area contributed by atoms with Crippen molar-refractivity contribution in [3.8, 4) is 22.5 Å². The maximum absolute atomic E-state index is 2.44. The first-order chi connectivity index (χ1) is 26.2. The van der Waals surface area contributed by atoms with Crippen LogP contribution < -0.4 is 0 Å². The summed E-state index contributed by atoms with van der Waals surface area (Å²) in [6, 6.07) is 62.0. The second-order valence-electron chi connectivity index (χ2n) is 14.2. The van der Waals surface area contributed by atoms with E-state index in [2.05, 4.69) is 204 Å². The van der Waals surface area contributed by atoms with Gasteiger partial charge in [-0.05, 0) is 114 Å². The molecule has 0 spiro atoms. The number of para-hydroxylation sites is 3. The summed E-state index contributed by atoms with van der Waals surface area (Å²) in [6.07, 6.45) is 8.84. The van der Waals surface area contributed by atoms with Crippen LogP contribution in [0.3, 0.4) is 0 Å². The lowest BCUT2D eigenvalue weighted by Crippen LogP contribution is -1.97. The summed E-state index contributed by atoms with van der Waals surface area (Å²) in [7, 11) is 0. The van der Waals surface area contributed by atoms with E-state index in [-0.39, 0.29) is 0 Å². The fraction of sp³-hybridized carbons (Fsp3) is 0.0588. The molecule has 0 atom stereocenters. The van der Waals surface area contributed by atoms with E-state index in [0.29, 0.717) is 0 Å². The Hall–Kier alpha value is -6.64. The van der Waals surface area contributed by atoms with Crippen molar-refractivity contribution in [1.29, 1.82) is 0 Å². The molecule has 0 N–H and O–H groups in total. The van der Waals surface area contributed by atoms with Gasteiger partial charge in [-0.25, -0.2) is 0 Å². The Kier molecular flexibility index (Phi) is 7.54. The van der Waals surface area contributed by atoms with Gasteiger partial charge in [-0.2, -0.15) is 0 Å². The van der Waals surface area contributed by atoms with Gasteiger partial charge in [0.15, 0.2) is 0 Å². The van der Waals surface area contributed by atoms with E-state index >= 15 is 0 Å². The van der Waals surface area contributed by atoms with Crippen LogP contribution >= 0.6 is 0 Å². The number of fused-ring (bicyclic) bond motifs is 6. The molecule has 1 aliphatic rings. The fourth-order valence-corrected chi connectivity index (χ4v) is 8.43. The van der Waals surface area contributed by atoms with Gasteiger partial charge in [0.2, 0.25) is 0 Å². The van der Waals surface area contributed by atoms with Gasteiger partial charge in [-0.1, -0.05) is 133 Å². The third kappa shape index (κ3) is 5.34. The van der Waals surface area contributed by atoms with Crippen molar-refractivity contribution >= 4 is 54.8 Å². The van der Waals surface area contributed by atoms with E-state index in [1.54, 1.807) is 0 Å². The van der Waals surface area contributed by atoms with E-state index in [1.165, 1.54) is 94.0 Å². The minimum Gasteiger partial charge on any atom is -0.309 e. The highest BCUT2D eigenvalue weighted by Crippen LogP contribution is 2.39. The molecule has 0 fully saturated rings. The second kappa shape index (κ2) is 12.8. The molecule has 7 aromatic carbocycles. The van der Waals surface area contributed by atoms with Gasteiger partial charge in [-0.15, -0.1) is 0 Å². The van der Waals surface area contributed by atoms with Crippen LogP contribution in [0.15, 0.2) is 194 Å². The van der Waals surface area contributed by atoms with Crippen molar-refractivity contribution < 1.29 is 0 Å². The molecule has 2 nitrogen and oxygen atoms in total. The summed E-state index contributed by atoms with van der Waals surface area (Å²) in [6.45, 7) is 2.28. The highest BCUT2D eigenvalue weighted by molar-refractivity contribution is 6.12. The summed E-state index contributed by atoms with van der Waals surface area (Å²) in [5.74, 6) is 0. The molecule has 252 valence electrons. The molecule has 2 heteroatoms. The van der Waals surface area contributed by atoms with Crippen LogP contribution in [0.4, 0.5) is 0 Å². The maximum atomic E-state index is 2.44. The van der Waals surface area contributed by atoms with Crippen molar-refractivity contribution in [2.24, 2.45) is 0 Å². The predicted molar refractivity (Wildman–Crippen MR) is 226 cm³/mol. The van der Waals surface area contributed by atoms with E-state index in [9.17, 15) is 0 Å². The second-order valence-corrected chi connectivity index (χ2v) is 14.2. The van der Waals surface area contributed by atoms with Gasteiger partial charge >= 0.3 is 0 Å². The molecule has 0 unspecified atom stereocenters. The van der Waals surface area contributed by atoms with E-state index in [4.69, 9.17) is 0 Å². The molecule has 0 saturated heterocycles. The zero-order valence-electron chi connectivity index (χ0n) is 29.7. The van der Waals surface area contributed by atoms with Crippen LogP contribution in [0.5, 0.6) is 0 Å². The topological polar surface area (TPSA) is 9.86 Å². The SMILES string of the molecule is C/C1=C(c2ccccc2)/C=C\C=C(\c2cccc(-n3c4ccccc4c4cc(-c5ccc6c(c5)c5ccccc5n6-c5ccccc5)ccc43)c2)CC1. The zero-order chi connectivity index (χ0) is 35.3. The summed E-state index contributed by atoms with van der Waals surface area (Å²) < 4.78 is 4.81. The molecule has 0 saturated carbocycles. The minimum absolute atomic E-state index is 1.00. The first kappa shape index (κ1) is 31.1. The Morgan fingerprint density at radius 1 is 0.396 bits per heavy atom. The number of hydrogen-bond donors (Lipinski definition) is 0. The molecule has 0 aliphatic heterocycles. The van der Waals surface area contributed by atoms with Gasteiger partial charge in [0.25, 0.3) is 0 Å². The zero-order valence-corrected chi connectivity index (χ0v) is 29.7. The Bertz CT molecular complexity index is 2930. The molecule has 0 radical (unpaired) electrons. The molecule has 53 heavy (non-hydrogen) atoms. The van der Waals surface area contributed by atoms with Crippen molar-refractivity contribution in [1.82, 2.24) is 9.13 Å². The minimum atomic E-state index is 1.00. The molecular weight excluding hydrogens is 641 g/mol. The average Bonchev–Trinajstić information content (AvgIpc) is 3.72. The molecule has 9 aromatic rings. The lowest BCUT2D eigenvalue weighted by molar-refractivity contribution is 0.993. The average molecular weight is 679 g/mol. The van der Waals surface area contributed by atoms with Crippen LogP contribution in [0.1, 0.15) is 30.9 Å². The van der Waals surface area contributed by atoms with Gasteiger partial charge in [-0.3, -0.25) is 0 Å². The summed E-state index contributed by atoms with van der Waals surface area (Å²) in [5.41, 5.74) is 16.3. The van der Waals surface area contributed by atoms with Crippen LogP contribution in [0.25, 0.3) is 77.3 Å². The summed E-state index contributed by atoms with van der Waals surface area (Å²) >= 11 is 0. The Morgan fingerprint density at radius 2 is 0.925 bits per heavy atom. The monoisotopic (exact) mass is 678 g/mol. The van der Waals surface area contributed by atoms with Crippen LogP contribution in [0, 0.1) is 0 Å². The first-order valence-electron chi connectivity index (χ1n) is 18.6. The molecule has 2 aromatic heterocycles. The van der Waals surface area contributed by atoms with Crippen LogP contribution in [-0.2, 0) is 0 Å². The van der Waals surface area contributed by atoms with Gasteiger partial charge < -0.3 is 9.13 Å².